The number of methoxy groups -OCH3 is 1. The van der Waals surface area contributed by atoms with Gasteiger partial charge in [-0.1, -0.05) is 12.1 Å². The molecule has 8 nitrogen and oxygen atoms in total. The van der Waals surface area contributed by atoms with E-state index in [2.05, 4.69) is 0 Å². The monoisotopic (exact) mass is 324 g/mol. The number of esters is 1. The Bertz CT molecular complexity index is 609. The molecule has 1 aliphatic rings. The molecule has 1 aromatic carbocycles. The van der Waals surface area contributed by atoms with Gasteiger partial charge in [0.1, 0.15) is 11.7 Å². The van der Waals surface area contributed by atoms with Gasteiger partial charge in [0.25, 0.3) is 5.69 Å². The maximum absolute atomic E-state index is 12.1. The van der Waals surface area contributed by atoms with Crippen LogP contribution < -0.4 is 10.6 Å². The Morgan fingerprint density at radius 1 is 1.45 bits per heavy atom. The van der Waals surface area contributed by atoms with Crippen molar-refractivity contribution in [1.29, 1.82) is 0 Å². The van der Waals surface area contributed by atoms with Crippen molar-refractivity contribution in [3.8, 4) is 0 Å². The summed E-state index contributed by atoms with van der Waals surface area (Å²) in [5.41, 5.74) is 5.94. The fourth-order valence-corrected chi connectivity index (χ4v) is 2.64. The van der Waals surface area contributed by atoms with Crippen molar-refractivity contribution < 1.29 is 14.5 Å². The third-order valence-corrected chi connectivity index (χ3v) is 3.81. The van der Waals surface area contributed by atoms with E-state index in [1.165, 1.54) is 13.2 Å². The summed E-state index contributed by atoms with van der Waals surface area (Å²) in [4.78, 5) is 26.1. The first-order valence-corrected chi connectivity index (χ1v) is 6.98. The first-order chi connectivity index (χ1) is 10.5. The second-order valence-corrected chi connectivity index (χ2v) is 5.18. The normalized spacial score (nSPS) is 18.0. The highest BCUT2D eigenvalue weighted by Crippen LogP contribution is 2.30. The number of ether oxygens (including phenoxy) is 1. The van der Waals surface area contributed by atoms with Crippen LogP contribution in [0.3, 0.4) is 0 Å². The summed E-state index contributed by atoms with van der Waals surface area (Å²) in [6, 6.07) is 5.59. The number of hydrogen-bond donors (Lipinski definition) is 1. The van der Waals surface area contributed by atoms with Gasteiger partial charge in [0.15, 0.2) is 5.11 Å². The number of carbonyl (C=O) groups is 1. The number of nitrogens with two attached hydrogens (primary N) is 1. The van der Waals surface area contributed by atoms with Crippen molar-refractivity contribution in [1.82, 2.24) is 4.90 Å². The highest BCUT2D eigenvalue weighted by atomic mass is 32.1. The Morgan fingerprint density at radius 3 is 2.73 bits per heavy atom. The van der Waals surface area contributed by atoms with Crippen LogP contribution in [0.2, 0.25) is 0 Å². The first kappa shape index (κ1) is 16.0. The van der Waals surface area contributed by atoms with Gasteiger partial charge in [-0.3, -0.25) is 10.1 Å². The number of para-hydroxylation sites is 2. The number of piperazine rings is 1. The molecule has 2 rings (SSSR count). The molecule has 0 saturated carbocycles. The molecule has 2 N–H and O–H groups in total. The molecule has 1 heterocycles. The van der Waals surface area contributed by atoms with E-state index in [1.54, 1.807) is 28.0 Å². The van der Waals surface area contributed by atoms with Gasteiger partial charge in [0.2, 0.25) is 0 Å². The summed E-state index contributed by atoms with van der Waals surface area (Å²) >= 11 is 4.94. The van der Waals surface area contributed by atoms with E-state index in [0.717, 1.165) is 0 Å². The van der Waals surface area contributed by atoms with Crippen molar-refractivity contribution in [2.75, 3.05) is 31.6 Å². The van der Waals surface area contributed by atoms with Crippen LogP contribution in [-0.4, -0.2) is 53.7 Å². The molecule has 1 aliphatic heterocycles. The number of nitro benzene ring substituents is 1. The third kappa shape index (κ3) is 3.08. The smallest absolute Gasteiger partial charge is 0.330 e. The first-order valence-electron chi connectivity index (χ1n) is 6.58. The molecule has 1 unspecified atom stereocenters. The molecule has 1 aromatic rings. The summed E-state index contributed by atoms with van der Waals surface area (Å²) in [5.74, 6) is -0.487. The largest absolute Gasteiger partial charge is 0.467 e. The minimum atomic E-state index is -0.707. The average Bonchev–Trinajstić information content (AvgIpc) is 2.53. The average molecular weight is 324 g/mol. The number of thiocarbonyl (C=S) groups is 1. The van der Waals surface area contributed by atoms with Crippen molar-refractivity contribution in [3.63, 3.8) is 0 Å². The molecule has 1 atom stereocenters. The summed E-state index contributed by atoms with van der Waals surface area (Å²) < 4.78 is 4.81. The van der Waals surface area contributed by atoms with Crippen molar-refractivity contribution in [2.45, 2.75) is 6.04 Å². The topological polar surface area (TPSA) is 102 Å². The second kappa shape index (κ2) is 6.56. The third-order valence-electron chi connectivity index (χ3n) is 3.55. The predicted molar refractivity (Wildman–Crippen MR) is 84.6 cm³/mol. The van der Waals surface area contributed by atoms with E-state index in [0.29, 0.717) is 18.8 Å². The maximum Gasteiger partial charge on any atom is 0.330 e. The van der Waals surface area contributed by atoms with Crippen molar-refractivity contribution >= 4 is 34.7 Å². The van der Waals surface area contributed by atoms with Gasteiger partial charge in [-0.2, -0.15) is 0 Å². The van der Waals surface area contributed by atoms with Crippen LogP contribution >= 0.6 is 12.2 Å². The molecule has 118 valence electrons. The summed E-state index contributed by atoms with van der Waals surface area (Å²) in [5, 5.41) is 11.4. The van der Waals surface area contributed by atoms with E-state index >= 15 is 0 Å². The van der Waals surface area contributed by atoms with Gasteiger partial charge in [0.05, 0.1) is 18.6 Å². The van der Waals surface area contributed by atoms with Gasteiger partial charge in [0, 0.05) is 19.2 Å². The Labute approximate surface area is 132 Å². The Balaban J connectivity index is 2.38. The Morgan fingerprint density at radius 2 is 2.14 bits per heavy atom. The van der Waals surface area contributed by atoms with Gasteiger partial charge in [-0.05, 0) is 18.3 Å². The fraction of sp³-hybridized carbons (Fsp3) is 0.385. The van der Waals surface area contributed by atoms with Gasteiger partial charge < -0.3 is 20.3 Å². The fourth-order valence-electron chi connectivity index (χ4n) is 2.47. The number of anilines is 1. The molecular weight excluding hydrogens is 308 g/mol. The van der Waals surface area contributed by atoms with Crippen molar-refractivity contribution in [2.24, 2.45) is 5.73 Å². The molecule has 0 aromatic heterocycles. The maximum atomic E-state index is 12.1. The van der Waals surface area contributed by atoms with Crippen LogP contribution in [0.4, 0.5) is 11.4 Å². The van der Waals surface area contributed by atoms with Gasteiger partial charge >= 0.3 is 5.97 Å². The SMILES string of the molecule is COC(=O)C1CN(C(N)=S)CCN1c1ccccc1[N+](=O)[O-]. The van der Waals surface area contributed by atoms with E-state index in [9.17, 15) is 14.9 Å². The lowest BCUT2D eigenvalue weighted by Gasteiger charge is -2.41. The van der Waals surface area contributed by atoms with E-state index < -0.39 is 16.9 Å². The van der Waals surface area contributed by atoms with Gasteiger partial charge in [-0.15, -0.1) is 0 Å². The molecule has 1 fully saturated rings. The van der Waals surface area contributed by atoms with E-state index in [-0.39, 0.29) is 17.3 Å². The lowest BCUT2D eigenvalue weighted by Crippen LogP contribution is -2.59. The number of nitro groups is 1. The number of rotatable bonds is 3. The van der Waals surface area contributed by atoms with Crippen LogP contribution in [0, 0.1) is 10.1 Å². The highest BCUT2D eigenvalue weighted by molar-refractivity contribution is 7.80. The van der Waals surface area contributed by atoms with Crippen LogP contribution in [0.25, 0.3) is 0 Å². The number of benzene rings is 1. The summed E-state index contributed by atoms with van der Waals surface area (Å²) in [6.45, 7) is 1.09. The van der Waals surface area contributed by atoms with Crippen LogP contribution in [-0.2, 0) is 9.53 Å². The number of carbonyl (C=O) groups excluding carboxylic acids is 1. The quantitative estimate of drug-likeness (QED) is 0.371. The molecular formula is C13H16N4O4S. The standard InChI is InChI=1S/C13H16N4O4S/c1-21-12(18)11-8-15(13(14)22)6-7-16(11)9-4-2-3-5-10(9)17(19)20/h2-5,11H,6-8H2,1H3,(H2,14,22). The highest BCUT2D eigenvalue weighted by Gasteiger charge is 2.36. The molecule has 0 spiro atoms. The summed E-state index contributed by atoms with van der Waals surface area (Å²) in [6.07, 6.45) is 0. The second-order valence-electron chi connectivity index (χ2n) is 4.76. The molecule has 1 saturated heterocycles. The van der Waals surface area contributed by atoms with Crippen LogP contribution in [0.5, 0.6) is 0 Å². The lowest BCUT2D eigenvalue weighted by atomic mass is 10.1. The zero-order valence-electron chi connectivity index (χ0n) is 12.0. The van der Waals surface area contributed by atoms with Crippen LogP contribution in [0.15, 0.2) is 24.3 Å². The number of nitrogens with zero attached hydrogens (tertiary/aromatic N) is 3. The van der Waals surface area contributed by atoms with Crippen molar-refractivity contribution in [3.05, 3.63) is 34.4 Å². The molecule has 0 radical (unpaired) electrons. The lowest BCUT2D eigenvalue weighted by molar-refractivity contribution is -0.384. The predicted octanol–water partition coefficient (Wildman–Crippen LogP) is 0.502. The zero-order valence-corrected chi connectivity index (χ0v) is 12.8. The Kier molecular flexibility index (Phi) is 4.76. The van der Waals surface area contributed by atoms with Crippen LogP contribution in [0.1, 0.15) is 0 Å². The van der Waals surface area contributed by atoms with E-state index in [1.807, 2.05) is 0 Å². The summed E-state index contributed by atoms with van der Waals surface area (Å²) in [7, 11) is 1.28. The zero-order chi connectivity index (χ0) is 16.3. The molecule has 0 aliphatic carbocycles. The number of hydrogen-bond acceptors (Lipinski definition) is 6. The minimum Gasteiger partial charge on any atom is -0.467 e. The molecule has 0 amide bonds. The van der Waals surface area contributed by atoms with Gasteiger partial charge in [-0.25, -0.2) is 4.79 Å². The van der Waals surface area contributed by atoms with E-state index in [4.69, 9.17) is 22.7 Å². The Hall–Kier alpha value is -2.42. The molecule has 9 heteroatoms. The molecule has 0 bridgehead atoms. The molecule has 22 heavy (non-hydrogen) atoms. The minimum absolute atomic E-state index is 0.0554.